The molecule has 0 unspecified atom stereocenters. The number of halogens is 6. The van der Waals surface area contributed by atoms with E-state index in [0.29, 0.717) is 5.32 Å². The highest BCUT2D eigenvalue weighted by atomic mass is 19.4. The zero-order chi connectivity index (χ0) is 19.3. The number of amides is 1. The summed E-state index contributed by atoms with van der Waals surface area (Å²) in [5, 5.41) is 3.32. The molecule has 0 aromatic heterocycles. The molecule has 3 N–H and O–H groups in total. The molecule has 0 fully saturated rings. The van der Waals surface area contributed by atoms with Crippen LogP contribution in [0.15, 0.2) is 35.5 Å². The lowest BCUT2D eigenvalue weighted by Crippen LogP contribution is -2.68. The number of alkyl halides is 6. The number of nitrogens with one attached hydrogen (secondary N) is 1. The van der Waals surface area contributed by atoms with E-state index in [2.05, 4.69) is 14.7 Å². The van der Waals surface area contributed by atoms with Gasteiger partial charge in [-0.05, 0) is 6.92 Å². The van der Waals surface area contributed by atoms with Crippen LogP contribution in [0.5, 0.6) is 0 Å². The number of rotatable bonds is 5. The highest BCUT2D eigenvalue weighted by Crippen LogP contribution is 2.44. The Bertz CT molecular complexity index is 602. The van der Waals surface area contributed by atoms with Crippen LogP contribution >= 0.6 is 0 Å². The van der Waals surface area contributed by atoms with Crippen LogP contribution in [-0.4, -0.2) is 36.6 Å². The molecule has 12 heteroatoms. The number of hydrogen-bond donors (Lipinski definition) is 2. The van der Waals surface area contributed by atoms with Crippen molar-refractivity contribution in [1.29, 1.82) is 0 Å². The number of amidine groups is 1. The van der Waals surface area contributed by atoms with Crippen LogP contribution in [0.25, 0.3) is 0 Å². The van der Waals surface area contributed by atoms with Crippen molar-refractivity contribution < 1.29 is 40.7 Å². The first-order chi connectivity index (χ1) is 11.4. The second-order valence-corrected chi connectivity index (χ2v) is 4.46. The SMILES string of the molecule is CCOC(=O)NC(O/N=C(\N)c1ccccc1)(C(F)(F)F)C(F)(F)F. The Morgan fingerprint density at radius 3 is 2.08 bits per heavy atom. The van der Waals surface area contributed by atoms with Gasteiger partial charge in [0.15, 0.2) is 5.84 Å². The molecule has 1 aromatic carbocycles. The number of carbonyl (C=O) groups excluding carboxylic acids is 1. The van der Waals surface area contributed by atoms with Gasteiger partial charge in [-0.3, -0.25) is 5.32 Å². The van der Waals surface area contributed by atoms with Crippen molar-refractivity contribution in [3.8, 4) is 0 Å². The van der Waals surface area contributed by atoms with Crippen molar-refractivity contribution in [2.45, 2.75) is 25.0 Å². The van der Waals surface area contributed by atoms with E-state index in [0.717, 1.165) is 0 Å². The van der Waals surface area contributed by atoms with Crippen LogP contribution in [0.4, 0.5) is 31.1 Å². The van der Waals surface area contributed by atoms with Gasteiger partial charge < -0.3 is 15.3 Å². The maximum atomic E-state index is 13.1. The quantitative estimate of drug-likeness (QED) is 0.273. The van der Waals surface area contributed by atoms with Crippen LogP contribution in [0.1, 0.15) is 12.5 Å². The zero-order valence-corrected chi connectivity index (χ0v) is 12.6. The molecular weight excluding hydrogens is 360 g/mol. The van der Waals surface area contributed by atoms with Crippen LogP contribution < -0.4 is 11.1 Å². The molecule has 25 heavy (non-hydrogen) atoms. The predicted octanol–water partition coefficient (Wildman–Crippen LogP) is 2.89. The molecule has 0 bridgehead atoms. The topological polar surface area (TPSA) is 85.9 Å². The van der Waals surface area contributed by atoms with Crippen molar-refractivity contribution in [2.75, 3.05) is 6.61 Å². The maximum Gasteiger partial charge on any atom is 0.461 e. The zero-order valence-electron chi connectivity index (χ0n) is 12.6. The third-order valence-corrected chi connectivity index (χ3v) is 2.70. The number of ether oxygens (including phenoxy) is 1. The van der Waals surface area contributed by atoms with Crippen LogP contribution in [0, 0.1) is 0 Å². The lowest BCUT2D eigenvalue weighted by atomic mass is 10.2. The smallest absolute Gasteiger partial charge is 0.450 e. The van der Waals surface area contributed by atoms with Crippen LogP contribution in [0.3, 0.4) is 0 Å². The molecule has 1 rings (SSSR count). The Morgan fingerprint density at radius 1 is 1.12 bits per heavy atom. The third-order valence-electron chi connectivity index (χ3n) is 2.70. The summed E-state index contributed by atoms with van der Waals surface area (Å²) in [6, 6.07) is 6.95. The number of carbonyl (C=O) groups is 1. The minimum Gasteiger partial charge on any atom is -0.450 e. The van der Waals surface area contributed by atoms with Crippen molar-refractivity contribution in [3.05, 3.63) is 35.9 Å². The summed E-state index contributed by atoms with van der Waals surface area (Å²) < 4.78 is 82.7. The van der Waals surface area contributed by atoms with E-state index in [1.807, 2.05) is 0 Å². The fraction of sp³-hybridized carbons (Fsp3) is 0.385. The summed E-state index contributed by atoms with van der Waals surface area (Å²) >= 11 is 0. The Kier molecular flexibility index (Phi) is 6.10. The predicted molar refractivity (Wildman–Crippen MR) is 73.3 cm³/mol. The van der Waals surface area contributed by atoms with Crippen LogP contribution in [-0.2, 0) is 9.57 Å². The van der Waals surface area contributed by atoms with Gasteiger partial charge in [0.25, 0.3) is 0 Å². The van der Waals surface area contributed by atoms with E-state index in [9.17, 15) is 31.1 Å². The van der Waals surface area contributed by atoms with Crippen molar-refractivity contribution in [2.24, 2.45) is 10.9 Å². The third kappa shape index (κ3) is 4.67. The molecular formula is C13H13F6N3O3. The number of oxime groups is 1. The maximum absolute atomic E-state index is 13.1. The summed E-state index contributed by atoms with van der Waals surface area (Å²) in [6.45, 7) is 0.724. The first kappa shape index (κ1) is 20.4. The number of nitrogens with two attached hydrogens (primary N) is 1. The Balaban J connectivity index is 3.28. The summed E-state index contributed by atoms with van der Waals surface area (Å²) in [6.07, 6.45) is -14.2. The van der Waals surface area contributed by atoms with E-state index in [1.54, 1.807) is 0 Å². The number of nitrogens with zero attached hydrogens (tertiary/aromatic N) is 1. The van der Waals surface area contributed by atoms with Gasteiger partial charge >= 0.3 is 24.2 Å². The molecule has 0 saturated heterocycles. The monoisotopic (exact) mass is 373 g/mol. The highest BCUT2D eigenvalue weighted by molar-refractivity contribution is 5.96. The van der Waals surface area contributed by atoms with Crippen molar-refractivity contribution >= 4 is 11.9 Å². The number of benzene rings is 1. The largest absolute Gasteiger partial charge is 0.461 e. The van der Waals surface area contributed by atoms with Gasteiger partial charge in [-0.2, -0.15) is 26.3 Å². The van der Waals surface area contributed by atoms with Gasteiger partial charge in [-0.1, -0.05) is 35.5 Å². The molecule has 0 spiro atoms. The average molecular weight is 373 g/mol. The van der Waals surface area contributed by atoms with E-state index < -0.39 is 36.6 Å². The van der Waals surface area contributed by atoms with Gasteiger partial charge in [-0.25, -0.2) is 4.79 Å². The number of hydrogen-bond acceptors (Lipinski definition) is 4. The second-order valence-electron chi connectivity index (χ2n) is 4.46. The number of alkyl carbamates (subject to hydrolysis) is 1. The molecule has 1 amide bonds. The van der Waals surface area contributed by atoms with Gasteiger partial charge in [0.2, 0.25) is 0 Å². The normalized spacial score (nSPS) is 13.3. The van der Waals surface area contributed by atoms with E-state index in [4.69, 9.17) is 5.73 Å². The Labute approximate surface area is 137 Å². The molecule has 0 aliphatic heterocycles. The molecule has 140 valence electrons. The molecule has 0 aliphatic rings. The van der Waals surface area contributed by atoms with Crippen LogP contribution in [0.2, 0.25) is 0 Å². The summed E-state index contributed by atoms with van der Waals surface area (Å²) in [5.41, 5.74) is 0.202. The molecule has 0 radical (unpaired) electrons. The fourth-order valence-electron chi connectivity index (χ4n) is 1.52. The Morgan fingerprint density at radius 2 is 1.64 bits per heavy atom. The van der Waals surface area contributed by atoms with Gasteiger partial charge in [0, 0.05) is 5.56 Å². The van der Waals surface area contributed by atoms with E-state index >= 15 is 0 Å². The lowest BCUT2D eigenvalue weighted by Gasteiger charge is -2.34. The Hall–Kier alpha value is -2.66. The van der Waals surface area contributed by atoms with Crippen molar-refractivity contribution in [1.82, 2.24) is 5.32 Å². The molecule has 0 saturated carbocycles. The van der Waals surface area contributed by atoms with Gasteiger partial charge in [-0.15, -0.1) is 0 Å². The standard InChI is InChI=1S/C13H13F6N3O3/c1-2-24-10(23)21-11(12(14,15)16,13(17,18)19)25-22-9(20)8-6-4-3-5-7-8/h3-7H,2H2,1H3,(H2,20,22)(H,21,23). The molecule has 6 nitrogen and oxygen atoms in total. The second kappa shape index (κ2) is 7.49. The highest BCUT2D eigenvalue weighted by Gasteiger charge is 2.76. The van der Waals surface area contributed by atoms with E-state index in [-0.39, 0.29) is 5.56 Å². The molecule has 0 atom stereocenters. The summed E-state index contributed by atoms with van der Waals surface area (Å²) in [5.74, 6) is -0.760. The van der Waals surface area contributed by atoms with Gasteiger partial charge in [0.1, 0.15) is 0 Å². The molecule has 0 aliphatic carbocycles. The first-order valence-corrected chi connectivity index (χ1v) is 6.60. The lowest BCUT2D eigenvalue weighted by molar-refractivity contribution is -0.389. The summed E-state index contributed by atoms with van der Waals surface area (Å²) in [4.78, 5) is 14.9. The molecule has 0 heterocycles. The summed E-state index contributed by atoms with van der Waals surface area (Å²) in [7, 11) is 0. The minimum atomic E-state index is -6.11. The van der Waals surface area contributed by atoms with Gasteiger partial charge in [0.05, 0.1) is 6.61 Å². The fourth-order valence-corrected chi connectivity index (χ4v) is 1.52. The minimum absolute atomic E-state index is 0.0110. The van der Waals surface area contributed by atoms with E-state index in [1.165, 1.54) is 37.3 Å². The average Bonchev–Trinajstić information content (AvgIpc) is 2.49. The first-order valence-electron chi connectivity index (χ1n) is 6.60. The molecule has 1 aromatic rings. The van der Waals surface area contributed by atoms with Crippen molar-refractivity contribution in [3.63, 3.8) is 0 Å².